The summed E-state index contributed by atoms with van der Waals surface area (Å²) in [4.78, 5) is 10.6. The number of fused-ring (bicyclic) bond motifs is 1. The van der Waals surface area contributed by atoms with Crippen LogP contribution >= 0.6 is 11.3 Å². The van der Waals surface area contributed by atoms with Gasteiger partial charge in [0, 0.05) is 18.0 Å². The third kappa shape index (κ3) is 3.18. The largest absolute Gasteiger partial charge is 0.365 e. The zero-order valence-electron chi connectivity index (χ0n) is 13.7. The fourth-order valence-electron chi connectivity index (χ4n) is 2.95. The number of rotatable bonds is 4. The lowest BCUT2D eigenvalue weighted by atomic mass is 10.1. The van der Waals surface area contributed by atoms with Gasteiger partial charge >= 0.3 is 0 Å². The molecular weight excluding hydrogens is 316 g/mol. The molecule has 2 N–H and O–H groups in total. The minimum absolute atomic E-state index is 0.770. The Bertz CT molecular complexity index is 883. The highest BCUT2D eigenvalue weighted by atomic mass is 32.1. The van der Waals surface area contributed by atoms with Crippen molar-refractivity contribution in [3.63, 3.8) is 0 Å². The Hall–Kier alpha value is -2.24. The van der Waals surface area contributed by atoms with Crippen LogP contribution in [0.15, 0.2) is 42.5 Å². The van der Waals surface area contributed by atoms with Crippen molar-refractivity contribution >= 4 is 32.9 Å². The molecule has 0 saturated heterocycles. The van der Waals surface area contributed by atoms with Gasteiger partial charge < -0.3 is 10.6 Å². The van der Waals surface area contributed by atoms with Gasteiger partial charge in [-0.3, -0.25) is 0 Å². The first kappa shape index (κ1) is 15.3. The minimum atomic E-state index is 0.770. The van der Waals surface area contributed by atoms with Crippen LogP contribution in [0.5, 0.6) is 0 Å². The smallest absolute Gasteiger partial charge is 0.148 e. The lowest BCUT2D eigenvalue weighted by Gasteiger charge is -2.11. The SMILES string of the molecule is Cc1nc(NCc2ccccc2)c2sc(C3=CCNCC3)cc2n1. The average Bonchev–Trinajstić information content (AvgIpc) is 3.05. The van der Waals surface area contributed by atoms with Crippen molar-refractivity contribution in [3.05, 3.63) is 58.7 Å². The van der Waals surface area contributed by atoms with E-state index in [9.17, 15) is 0 Å². The van der Waals surface area contributed by atoms with E-state index in [1.807, 2.05) is 13.0 Å². The molecule has 0 spiro atoms. The fraction of sp³-hybridized carbons (Fsp3) is 0.263. The van der Waals surface area contributed by atoms with Crippen molar-refractivity contribution in [2.45, 2.75) is 19.9 Å². The zero-order chi connectivity index (χ0) is 16.4. The molecule has 0 aliphatic carbocycles. The van der Waals surface area contributed by atoms with Crippen LogP contribution in [-0.4, -0.2) is 23.1 Å². The van der Waals surface area contributed by atoms with E-state index in [0.29, 0.717) is 0 Å². The minimum Gasteiger partial charge on any atom is -0.365 e. The predicted octanol–water partition coefficient (Wildman–Crippen LogP) is 3.99. The highest BCUT2D eigenvalue weighted by Crippen LogP contribution is 2.35. The zero-order valence-corrected chi connectivity index (χ0v) is 14.5. The lowest BCUT2D eigenvalue weighted by molar-refractivity contribution is 0.739. The van der Waals surface area contributed by atoms with Gasteiger partial charge in [-0.25, -0.2) is 9.97 Å². The van der Waals surface area contributed by atoms with Gasteiger partial charge in [-0.2, -0.15) is 0 Å². The summed E-state index contributed by atoms with van der Waals surface area (Å²) in [5, 5.41) is 6.85. The first-order chi connectivity index (χ1) is 11.8. The standard InChI is InChI=1S/C19H20N4S/c1-13-22-16-11-17(15-7-9-20-10-8-15)24-18(16)19(23-13)21-12-14-5-3-2-4-6-14/h2-7,11,20H,8-10,12H2,1H3,(H,21,22,23). The molecule has 1 aliphatic rings. The van der Waals surface area contributed by atoms with Gasteiger partial charge in [-0.15, -0.1) is 11.3 Å². The number of hydrogen-bond donors (Lipinski definition) is 2. The molecule has 3 heterocycles. The molecule has 1 aromatic carbocycles. The topological polar surface area (TPSA) is 49.8 Å². The van der Waals surface area contributed by atoms with E-state index in [2.05, 4.69) is 57.0 Å². The van der Waals surface area contributed by atoms with Gasteiger partial charge in [-0.1, -0.05) is 36.4 Å². The summed E-state index contributed by atoms with van der Waals surface area (Å²) < 4.78 is 1.14. The van der Waals surface area contributed by atoms with Crippen LogP contribution in [0, 0.1) is 6.92 Å². The number of hydrogen-bond acceptors (Lipinski definition) is 5. The Kier molecular flexibility index (Phi) is 4.28. The fourth-order valence-corrected chi connectivity index (χ4v) is 4.08. The summed E-state index contributed by atoms with van der Waals surface area (Å²) in [6.07, 6.45) is 3.36. The van der Waals surface area contributed by atoms with Crippen molar-refractivity contribution in [1.82, 2.24) is 15.3 Å². The highest BCUT2D eigenvalue weighted by Gasteiger charge is 2.14. The van der Waals surface area contributed by atoms with E-state index < -0.39 is 0 Å². The number of benzene rings is 1. The van der Waals surface area contributed by atoms with E-state index in [-0.39, 0.29) is 0 Å². The maximum Gasteiger partial charge on any atom is 0.148 e. The number of aromatic nitrogens is 2. The summed E-state index contributed by atoms with van der Waals surface area (Å²) >= 11 is 1.79. The van der Waals surface area contributed by atoms with Crippen molar-refractivity contribution in [1.29, 1.82) is 0 Å². The summed E-state index contributed by atoms with van der Waals surface area (Å²) in [6.45, 7) is 4.72. The Morgan fingerprint density at radius 1 is 1.21 bits per heavy atom. The second kappa shape index (κ2) is 6.71. The van der Waals surface area contributed by atoms with E-state index in [4.69, 9.17) is 0 Å². The molecule has 2 aromatic heterocycles. The predicted molar refractivity (Wildman–Crippen MR) is 101 cm³/mol. The van der Waals surface area contributed by atoms with Crippen molar-refractivity contribution in [2.24, 2.45) is 0 Å². The van der Waals surface area contributed by atoms with Crippen LogP contribution in [0.4, 0.5) is 5.82 Å². The molecule has 0 bridgehead atoms. The first-order valence-electron chi connectivity index (χ1n) is 8.26. The molecular formula is C19H20N4S. The van der Waals surface area contributed by atoms with Crippen LogP contribution in [0.2, 0.25) is 0 Å². The van der Waals surface area contributed by atoms with Crippen molar-refractivity contribution in [3.8, 4) is 0 Å². The summed E-state index contributed by atoms with van der Waals surface area (Å²) in [5.41, 5.74) is 3.71. The third-order valence-electron chi connectivity index (χ3n) is 4.17. The summed E-state index contributed by atoms with van der Waals surface area (Å²) in [6, 6.07) is 12.6. The van der Waals surface area contributed by atoms with Gasteiger partial charge in [-0.05, 0) is 37.1 Å². The molecule has 0 saturated carbocycles. The molecule has 4 nitrogen and oxygen atoms in total. The Balaban J connectivity index is 1.66. The molecule has 4 rings (SSSR count). The molecule has 0 radical (unpaired) electrons. The Labute approximate surface area is 145 Å². The maximum atomic E-state index is 4.63. The average molecular weight is 336 g/mol. The molecule has 3 aromatic rings. The van der Waals surface area contributed by atoms with Crippen LogP contribution in [0.1, 0.15) is 22.7 Å². The molecule has 5 heteroatoms. The van der Waals surface area contributed by atoms with Crippen LogP contribution in [0.25, 0.3) is 15.8 Å². The van der Waals surface area contributed by atoms with Crippen molar-refractivity contribution in [2.75, 3.05) is 18.4 Å². The van der Waals surface area contributed by atoms with Crippen LogP contribution < -0.4 is 10.6 Å². The van der Waals surface area contributed by atoms with Gasteiger partial charge in [0.1, 0.15) is 11.6 Å². The number of anilines is 1. The second-order valence-electron chi connectivity index (χ2n) is 5.97. The molecule has 0 unspecified atom stereocenters. The Morgan fingerprint density at radius 3 is 2.88 bits per heavy atom. The quantitative estimate of drug-likeness (QED) is 0.756. The van der Waals surface area contributed by atoms with Gasteiger partial charge in [0.2, 0.25) is 0 Å². The molecule has 24 heavy (non-hydrogen) atoms. The lowest BCUT2D eigenvalue weighted by Crippen LogP contribution is -2.19. The van der Waals surface area contributed by atoms with E-state index in [1.54, 1.807) is 11.3 Å². The van der Waals surface area contributed by atoms with Crippen molar-refractivity contribution < 1.29 is 0 Å². The summed E-state index contributed by atoms with van der Waals surface area (Å²) in [5.74, 6) is 1.74. The monoisotopic (exact) mass is 336 g/mol. The molecule has 0 fully saturated rings. The van der Waals surface area contributed by atoms with Crippen LogP contribution in [0.3, 0.4) is 0 Å². The second-order valence-corrected chi connectivity index (χ2v) is 7.02. The summed E-state index contributed by atoms with van der Waals surface area (Å²) in [7, 11) is 0. The molecule has 122 valence electrons. The highest BCUT2D eigenvalue weighted by molar-refractivity contribution is 7.20. The number of nitrogens with zero attached hydrogens (tertiary/aromatic N) is 2. The molecule has 1 aliphatic heterocycles. The third-order valence-corrected chi connectivity index (χ3v) is 5.37. The van der Waals surface area contributed by atoms with E-state index in [0.717, 1.165) is 47.9 Å². The molecule has 0 atom stereocenters. The normalized spacial score (nSPS) is 14.6. The van der Waals surface area contributed by atoms with Gasteiger partial charge in [0.15, 0.2) is 0 Å². The number of aryl methyl sites for hydroxylation is 1. The molecule has 0 amide bonds. The first-order valence-corrected chi connectivity index (χ1v) is 9.07. The van der Waals surface area contributed by atoms with Gasteiger partial charge in [0.05, 0.1) is 10.2 Å². The van der Waals surface area contributed by atoms with Crippen LogP contribution in [-0.2, 0) is 6.54 Å². The number of nitrogens with one attached hydrogen (secondary N) is 2. The maximum absolute atomic E-state index is 4.63. The Morgan fingerprint density at radius 2 is 2.08 bits per heavy atom. The number of thiophene rings is 1. The van der Waals surface area contributed by atoms with E-state index >= 15 is 0 Å². The van der Waals surface area contributed by atoms with E-state index in [1.165, 1.54) is 16.0 Å². The van der Waals surface area contributed by atoms with Gasteiger partial charge in [0.25, 0.3) is 0 Å².